The zero-order chi connectivity index (χ0) is 14.1. The summed E-state index contributed by atoms with van der Waals surface area (Å²) in [4.78, 5) is 8.22. The Bertz CT molecular complexity index is 772. The van der Waals surface area contributed by atoms with E-state index in [1.807, 2.05) is 30.3 Å². The van der Waals surface area contributed by atoms with Crippen LogP contribution in [0, 0.1) is 6.92 Å². The van der Waals surface area contributed by atoms with Crippen molar-refractivity contribution in [1.82, 2.24) is 9.97 Å². The molecule has 5 heteroatoms. The lowest BCUT2D eigenvalue weighted by Crippen LogP contribution is -1.94. The minimum Gasteiger partial charge on any atom is -0.438 e. The number of halogens is 2. The van der Waals surface area contributed by atoms with Crippen molar-refractivity contribution in [3.05, 3.63) is 57.9 Å². The van der Waals surface area contributed by atoms with Gasteiger partial charge in [-0.2, -0.15) is 4.98 Å². The smallest absolute Gasteiger partial charge is 0.224 e. The van der Waals surface area contributed by atoms with Crippen LogP contribution in [0.5, 0.6) is 11.6 Å². The highest BCUT2D eigenvalue weighted by atomic mass is 79.9. The maximum absolute atomic E-state index is 5.91. The number of fused-ring (bicyclic) bond motifs is 1. The minimum atomic E-state index is 0.365. The minimum absolute atomic E-state index is 0.365. The first-order valence-corrected chi connectivity index (χ1v) is 7.17. The molecular formula is C15H10BrClN2O. The predicted octanol–water partition coefficient (Wildman–Crippen LogP) is 5.15. The molecule has 0 aliphatic carbocycles. The van der Waals surface area contributed by atoms with Gasteiger partial charge in [0, 0.05) is 6.07 Å². The fourth-order valence-electron chi connectivity index (χ4n) is 1.96. The van der Waals surface area contributed by atoms with E-state index in [9.17, 15) is 0 Å². The number of nitrogens with zero attached hydrogens (tertiary/aromatic N) is 2. The lowest BCUT2D eigenvalue weighted by atomic mass is 10.1. The van der Waals surface area contributed by atoms with E-state index in [1.165, 1.54) is 0 Å². The quantitative estimate of drug-likeness (QED) is 0.600. The lowest BCUT2D eigenvalue weighted by Gasteiger charge is -2.09. The highest BCUT2D eigenvalue weighted by molar-refractivity contribution is 9.10. The molecule has 100 valence electrons. The van der Waals surface area contributed by atoms with E-state index < -0.39 is 0 Å². The van der Waals surface area contributed by atoms with Gasteiger partial charge in [0.05, 0.1) is 4.47 Å². The van der Waals surface area contributed by atoms with Crippen LogP contribution >= 0.6 is 27.5 Å². The van der Waals surface area contributed by atoms with Crippen molar-refractivity contribution in [2.45, 2.75) is 6.92 Å². The number of rotatable bonds is 2. The van der Waals surface area contributed by atoms with Crippen LogP contribution in [0.1, 0.15) is 5.82 Å². The molecule has 2 aromatic carbocycles. The van der Waals surface area contributed by atoms with Gasteiger partial charge in [0.25, 0.3) is 0 Å². The Balaban J connectivity index is 2.04. The molecule has 3 aromatic rings. The summed E-state index contributed by atoms with van der Waals surface area (Å²) in [6, 6.07) is 13.6. The second kappa shape index (κ2) is 5.38. The molecule has 0 saturated carbocycles. The Morgan fingerprint density at radius 2 is 1.90 bits per heavy atom. The van der Waals surface area contributed by atoms with E-state index in [0.717, 1.165) is 15.2 Å². The van der Waals surface area contributed by atoms with Crippen LogP contribution in [0.25, 0.3) is 10.8 Å². The van der Waals surface area contributed by atoms with Gasteiger partial charge in [0.15, 0.2) is 0 Å². The molecule has 0 spiro atoms. The number of hydrogen-bond donors (Lipinski definition) is 0. The summed E-state index contributed by atoms with van der Waals surface area (Å²) >= 11 is 9.48. The molecule has 0 amide bonds. The normalized spacial score (nSPS) is 10.8. The summed E-state index contributed by atoms with van der Waals surface area (Å²) in [7, 11) is 0. The summed E-state index contributed by atoms with van der Waals surface area (Å²) in [6.45, 7) is 1.77. The molecule has 0 atom stereocenters. The predicted molar refractivity (Wildman–Crippen MR) is 83.5 cm³/mol. The van der Waals surface area contributed by atoms with Crippen molar-refractivity contribution in [2.24, 2.45) is 0 Å². The van der Waals surface area contributed by atoms with Crippen molar-refractivity contribution in [3.63, 3.8) is 0 Å². The van der Waals surface area contributed by atoms with E-state index in [-0.39, 0.29) is 0 Å². The van der Waals surface area contributed by atoms with Crippen molar-refractivity contribution >= 4 is 38.3 Å². The molecule has 0 radical (unpaired) electrons. The average Bonchev–Trinajstić information content (AvgIpc) is 2.41. The van der Waals surface area contributed by atoms with Crippen molar-refractivity contribution in [2.75, 3.05) is 0 Å². The molecule has 0 aliphatic heterocycles. The molecule has 0 unspecified atom stereocenters. The summed E-state index contributed by atoms with van der Waals surface area (Å²) in [5.74, 6) is 1.70. The van der Waals surface area contributed by atoms with Crippen molar-refractivity contribution in [3.8, 4) is 11.6 Å². The van der Waals surface area contributed by atoms with Gasteiger partial charge in [-0.15, -0.1) is 0 Å². The van der Waals surface area contributed by atoms with Crippen LogP contribution in [0.15, 0.2) is 46.9 Å². The first-order valence-electron chi connectivity index (χ1n) is 6.00. The number of benzene rings is 2. The molecule has 0 bridgehead atoms. The molecule has 1 heterocycles. The molecule has 3 nitrogen and oxygen atoms in total. The summed E-state index contributed by atoms with van der Waals surface area (Å²) in [6.07, 6.45) is 0. The first kappa shape index (κ1) is 13.3. The maximum Gasteiger partial charge on any atom is 0.224 e. The number of aromatic nitrogens is 2. The van der Waals surface area contributed by atoms with Crippen LogP contribution in [0.3, 0.4) is 0 Å². The first-order chi connectivity index (χ1) is 9.63. The fourth-order valence-corrected chi connectivity index (χ4v) is 2.75. The van der Waals surface area contributed by atoms with Gasteiger partial charge < -0.3 is 4.74 Å². The Labute approximate surface area is 129 Å². The Morgan fingerprint density at radius 3 is 2.70 bits per heavy atom. The molecular weight excluding hydrogens is 340 g/mol. The van der Waals surface area contributed by atoms with Gasteiger partial charge in [-0.05, 0) is 39.7 Å². The Hall–Kier alpha value is -1.65. The van der Waals surface area contributed by atoms with Gasteiger partial charge in [-0.25, -0.2) is 4.98 Å². The highest BCUT2D eigenvalue weighted by Crippen LogP contribution is 2.35. The van der Waals surface area contributed by atoms with Gasteiger partial charge >= 0.3 is 0 Å². The third-order valence-corrected chi connectivity index (χ3v) is 3.84. The van der Waals surface area contributed by atoms with Gasteiger partial charge in [-0.3, -0.25) is 0 Å². The maximum atomic E-state index is 5.91. The monoisotopic (exact) mass is 348 g/mol. The second-order valence-corrected chi connectivity index (χ2v) is 5.46. The number of ether oxygens (including phenoxy) is 1. The molecule has 20 heavy (non-hydrogen) atoms. The zero-order valence-corrected chi connectivity index (χ0v) is 12.9. The molecule has 3 rings (SSSR count). The lowest BCUT2D eigenvalue weighted by molar-refractivity contribution is 0.458. The molecule has 0 aliphatic rings. The SMILES string of the molecule is Cc1nc(Cl)cc(Oc2ccc3ccccc3c2Br)n1. The fraction of sp³-hybridized carbons (Fsp3) is 0.0667. The third-order valence-electron chi connectivity index (χ3n) is 2.83. The van der Waals surface area contributed by atoms with Crippen LogP contribution in [-0.2, 0) is 0 Å². The second-order valence-electron chi connectivity index (χ2n) is 4.28. The van der Waals surface area contributed by atoms with E-state index in [4.69, 9.17) is 16.3 Å². The summed E-state index contributed by atoms with van der Waals surface area (Å²) < 4.78 is 6.69. The summed E-state index contributed by atoms with van der Waals surface area (Å²) in [5, 5.41) is 2.59. The van der Waals surface area contributed by atoms with Crippen LogP contribution in [-0.4, -0.2) is 9.97 Å². The molecule has 0 fully saturated rings. The largest absolute Gasteiger partial charge is 0.438 e. The average molecular weight is 350 g/mol. The van der Waals surface area contributed by atoms with Crippen LogP contribution < -0.4 is 4.74 Å². The topological polar surface area (TPSA) is 35.0 Å². The van der Waals surface area contributed by atoms with Crippen molar-refractivity contribution in [1.29, 1.82) is 0 Å². The van der Waals surface area contributed by atoms with E-state index in [2.05, 4.69) is 32.0 Å². The standard InChI is InChI=1S/C15H10BrClN2O/c1-9-18-13(17)8-14(19-9)20-12-7-6-10-4-2-3-5-11(10)15(12)16/h2-8H,1H3. The van der Waals surface area contributed by atoms with E-state index in [0.29, 0.717) is 22.6 Å². The van der Waals surface area contributed by atoms with Crippen LogP contribution in [0.4, 0.5) is 0 Å². The number of hydrogen-bond acceptors (Lipinski definition) is 3. The Morgan fingerprint density at radius 1 is 1.10 bits per heavy atom. The summed E-state index contributed by atoms with van der Waals surface area (Å²) in [5.41, 5.74) is 0. The van der Waals surface area contributed by atoms with Gasteiger partial charge in [-0.1, -0.05) is 41.9 Å². The Kier molecular flexibility index (Phi) is 3.59. The highest BCUT2D eigenvalue weighted by Gasteiger charge is 2.09. The van der Waals surface area contributed by atoms with Crippen LogP contribution in [0.2, 0.25) is 5.15 Å². The van der Waals surface area contributed by atoms with E-state index in [1.54, 1.807) is 13.0 Å². The number of aryl methyl sites for hydroxylation is 1. The van der Waals surface area contributed by atoms with E-state index >= 15 is 0 Å². The molecule has 1 aromatic heterocycles. The molecule has 0 saturated heterocycles. The van der Waals surface area contributed by atoms with Crippen molar-refractivity contribution < 1.29 is 4.74 Å². The molecule has 0 N–H and O–H groups in total. The third kappa shape index (κ3) is 2.62. The zero-order valence-electron chi connectivity index (χ0n) is 10.6. The van der Waals surface area contributed by atoms with Gasteiger partial charge in [0.1, 0.15) is 16.7 Å². The van der Waals surface area contributed by atoms with Gasteiger partial charge in [0.2, 0.25) is 5.88 Å².